The molecule has 0 aromatic carbocycles. The summed E-state index contributed by atoms with van der Waals surface area (Å²) in [6, 6.07) is 0.243. The Morgan fingerprint density at radius 1 is 1.39 bits per heavy atom. The van der Waals surface area contributed by atoms with Crippen molar-refractivity contribution in [1.82, 2.24) is 15.5 Å². The number of carbonyl (C=O) groups is 1. The number of halogens is 3. The minimum absolute atomic E-state index is 0.0988. The van der Waals surface area contributed by atoms with Crippen LogP contribution in [0.3, 0.4) is 0 Å². The Bertz CT molecular complexity index is 481. The van der Waals surface area contributed by atoms with Crippen molar-refractivity contribution in [3.63, 3.8) is 0 Å². The van der Waals surface area contributed by atoms with Gasteiger partial charge >= 0.3 is 6.18 Å². The monoisotopic (exact) mass is 261 g/mol. The first-order valence-corrected chi connectivity index (χ1v) is 5.66. The van der Waals surface area contributed by atoms with Crippen molar-refractivity contribution >= 4 is 5.91 Å². The third kappa shape index (κ3) is 2.19. The molecule has 2 fully saturated rings. The van der Waals surface area contributed by atoms with Gasteiger partial charge < -0.3 is 9.84 Å². The Kier molecular flexibility index (Phi) is 2.36. The first kappa shape index (κ1) is 11.5. The number of carbonyl (C=O) groups excluding carboxylic acids is 1. The molecule has 2 aliphatic rings. The smallest absolute Gasteiger partial charge is 0.353 e. The van der Waals surface area contributed by atoms with E-state index in [1.807, 2.05) is 0 Å². The highest BCUT2D eigenvalue weighted by atomic mass is 19.4. The Hall–Kier alpha value is -1.60. The predicted molar refractivity (Wildman–Crippen MR) is 51.3 cm³/mol. The summed E-state index contributed by atoms with van der Waals surface area (Å²) in [6.07, 6.45) is -2.19. The molecule has 2 aliphatic carbocycles. The lowest BCUT2D eigenvalue weighted by Crippen LogP contribution is -2.27. The van der Waals surface area contributed by atoms with Gasteiger partial charge in [-0.1, -0.05) is 5.16 Å². The third-order valence-corrected chi connectivity index (χ3v) is 3.06. The summed E-state index contributed by atoms with van der Waals surface area (Å²) < 4.78 is 41.3. The van der Waals surface area contributed by atoms with Crippen LogP contribution in [0.4, 0.5) is 13.2 Å². The summed E-state index contributed by atoms with van der Waals surface area (Å²) in [5.41, 5.74) is 0. The van der Waals surface area contributed by atoms with Gasteiger partial charge in [0.2, 0.25) is 11.8 Å². The van der Waals surface area contributed by atoms with E-state index in [4.69, 9.17) is 0 Å². The number of alkyl halides is 3. The zero-order chi connectivity index (χ0) is 12.9. The molecule has 98 valence electrons. The average molecular weight is 261 g/mol. The van der Waals surface area contributed by atoms with Crippen LogP contribution in [0.25, 0.3) is 0 Å². The number of hydrogen-bond donors (Lipinski definition) is 1. The highest BCUT2D eigenvalue weighted by Gasteiger charge is 2.50. The highest BCUT2D eigenvalue weighted by molar-refractivity contribution is 5.83. The predicted octanol–water partition coefficient (Wildman–Crippen LogP) is 1.47. The lowest BCUT2D eigenvalue weighted by atomic mass is 10.3. The number of nitrogens with zero attached hydrogens (tertiary/aromatic N) is 2. The van der Waals surface area contributed by atoms with Crippen LogP contribution in [0.15, 0.2) is 4.52 Å². The number of rotatable bonds is 3. The molecule has 2 saturated carbocycles. The van der Waals surface area contributed by atoms with Crippen molar-refractivity contribution in [3.05, 3.63) is 11.7 Å². The van der Waals surface area contributed by atoms with Crippen LogP contribution in [-0.2, 0) is 11.0 Å². The van der Waals surface area contributed by atoms with E-state index in [-0.39, 0.29) is 29.7 Å². The van der Waals surface area contributed by atoms with E-state index in [1.165, 1.54) is 0 Å². The zero-order valence-corrected chi connectivity index (χ0v) is 9.20. The maximum atomic E-state index is 12.3. The third-order valence-electron chi connectivity index (χ3n) is 3.06. The molecule has 5 nitrogen and oxygen atoms in total. The molecule has 1 N–H and O–H groups in total. The molecule has 0 bridgehead atoms. The molecule has 1 aromatic rings. The van der Waals surface area contributed by atoms with Crippen LogP contribution in [0.5, 0.6) is 0 Å². The van der Waals surface area contributed by atoms with Crippen molar-refractivity contribution in [3.8, 4) is 0 Å². The second kappa shape index (κ2) is 3.69. The lowest BCUT2D eigenvalue weighted by Gasteiger charge is -2.00. The number of aromatic nitrogens is 2. The van der Waals surface area contributed by atoms with E-state index in [1.54, 1.807) is 0 Å². The minimum Gasteiger partial charge on any atom is -0.353 e. The van der Waals surface area contributed by atoms with E-state index < -0.39 is 12.0 Å². The first-order valence-electron chi connectivity index (χ1n) is 5.66. The molecule has 2 atom stereocenters. The van der Waals surface area contributed by atoms with Gasteiger partial charge in [-0.3, -0.25) is 4.79 Å². The second-order valence-corrected chi connectivity index (χ2v) is 4.69. The van der Waals surface area contributed by atoms with E-state index in [2.05, 4.69) is 20.0 Å². The largest absolute Gasteiger partial charge is 0.455 e. The summed E-state index contributed by atoms with van der Waals surface area (Å²) in [4.78, 5) is 14.9. The molecule has 1 aromatic heterocycles. The molecule has 0 radical (unpaired) electrons. The van der Waals surface area contributed by atoms with E-state index in [0.29, 0.717) is 6.42 Å². The van der Waals surface area contributed by atoms with Crippen LogP contribution in [0, 0.1) is 5.92 Å². The Balaban J connectivity index is 1.63. The Morgan fingerprint density at radius 2 is 2.11 bits per heavy atom. The fourth-order valence-corrected chi connectivity index (χ4v) is 1.79. The van der Waals surface area contributed by atoms with Crippen molar-refractivity contribution in [2.24, 2.45) is 5.92 Å². The summed E-state index contributed by atoms with van der Waals surface area (Å²) in [5, 5.41) is 5.67. The minimum atomic E-state index is -4.61. The normalized spacial score (nSPS) is 27.1. The van der Waals surface area contributed by atoms with Crippen molar-refractivity contribution in [1.29, 1.82) is 0 Å². The fourth-order valence-electron chi connectivity index (χ4n) is 1.79. The zero-order valence-electron chi connectivity index (χ0n) is 9.20. The molecule has 0 spiro atoms. The van der Waals surface area contributed by atoms with E-state index in [0.717, 1.165) is 12.8 Å². The number of hydrogen-bond acceptors (Lipinski definition) is 4. The summed E-state index contributed by atoms with van der Waals surface area (Å²) >= 11 is 0. The molecular weight excluding hydrogens is 251 g/mol. The lowest BCUT2D eigenvalue weighted by molar-refractivity contribution is -0.146. The maximum Gasteiger partial charge on any atom is 0.455 e. The van der Waals surface area contributed by atoms with Crippen molar-refractivity contribution in [2.75, 3.05) is 0 Å². The van der Waals surface area contributed by atoms with Gasteiger partial charge in [0, 0.05) is 6.04 Å². The quantitative estimate of drug-likeness (QED) is 0.894. The summed E-state index contributed by atoms with van der Waals surface area (Å²) in [6.45, 7) is 0. The SMILES string of the molecule is O=C(NC1CC1)[C@H]1C[C@H]1c1nc(C(F)(F)F)no1. The molecule has 1 amide bonds. The van der Waals surface area contributed by atoms with Gasteiger partial charge in [0.25, 0.3) is 5.82 Å². The molecule has 1 heterocycles. The maximum absolute atomic E-state index is 12.3. The van der Waals surface area contributed by atoms with Crippen molar-refractivity contribution in [2.45, 2.75) is 37.4 Å². The van der Waals surface area contributed by atoms with Crippen LogP contribution >= 0.6 is 0 Å². The summed E-state index contributed by atoms with van der Waals surface area (Å²) in [5.74, 6) is -2.21. The standard InChI is InChI=1S/C10H10F3N3O2/c11-10(12,13)9-15-8(18-16-9)6-3-5(6)7(17)14-4-1-2-4/h4-6H,1-3H2,(H,14,17)/t5-,6+/m0/s1. The van der Waals surface area contributed by atoms with Gasteiger partial charge in [-0.05, 0) is 19.3 Å². The Labute approximate surface area is 99.7 Å². The van der Waals surface area contributed by atoms with Gasteiger partial charge in [0.05, 0.1) is 11.8 Å². The number of nitrogens with one attached hydrogen (secondary N) is 1. The average Bonchev–Trinajstić information content (AvgIpc) is 3.18. The first-order chi connectivity index (χ1) is 8.45. The van der Waals surface area contributed by atoms with Crippen LogP contribution in [0.2, 0.25) is 0 Å². The van der Waals surface area contributed by atoms with Crippen LogP contribution < -0.4 is 5.32 Å². The van der Waals surface area contributed by atoms with Crippen LogP contribution in [0.1, 0.15) is 36.9 Å². The van der Waals surface area contributed by atoms with Gasteiger partial charge in [-0.2, -0.15) is 18.2 Å². The molecule has 0 unspecified atom stereocenters. The number of amides is 1. The van der Waals surface area contributed by atoms with Gasteiger partial charge in [-0.15, -0.1) is 0 Å². The van der Waals surface area contributed by atoms with E-state index >= 15 is 0 Å². The molecule has 3 rings (SSSR count). The molecule has 18 heavy (non-hydrogen) atoms. The summed E-state index contributed by atoms with van der Waals surface area (Å²) in [7, 11) is 0. The molecule has 0 saturated heterocycles. The topological polar surface area (TPSA) is 68.0 Å². The fraction of sp³-hybridized carbons (Fsp3) is 0.700. The van der Waals surface area contributed by atoms with Gasteiger partial charge in [0.15, 0.2) is 0 Å². The Morgan fingerprint density at radius 3 is 2.67 bits per heavy atom. The van der Waals surface area contributed by atoms with E-state index in [9.17, 15) is 18.0 Å². The van der Waals surface area contributed by atoms with Crippen LogP contribution in [-0.4, -0.2) is 22.1 Å². The highest BCUT2D eigenvalue weighted by Crippen LogP contribution is 2.47. The molecule has 0 aliphatic heterocycles. The molecule has 8 heteroatoms. The molecular formula is C10H10F3N3O2. The van der Waals surface area contributed by atoms with Gasteiger partial charge in [-0.25, -0.2) is 0 Å². The second-order valence-electron chi connectivity index (χ2n) is 4.69. The van der Waals surface area contributed by atoms with Crippen molar-refractivity contribution < 1.29 is 22.5 Å². The van der Waals surface area contributed by atoms with Gasteiger partial charge in [0.1, 0.15) is 0 Å².